The van der Waals surface area contributed by atoms with Crippen molar-refractivity contribution in [2.45, 2.75) is 12.1 Å². The second-order valence-corrected chi connectivity index (χ2v) is 8.57. The molecule has 0 radical (unpaired) electrons. The van der Waals surface area contributed by atoms with Crippen molar-refractivity contribution in [2.24, 2.45) is 0 Å². The van der Waals surface area contributed by atoms with Gasteiger partial charge >= 0.3 is 12.0 Å². The predicted molar refractivity (Wildman–Crippen MR) is 134 cm³/mol. The average molecular weight is 501 g/mol. The first-order valence-electron chi connectivity index (χ1n) is 11.2. The average Bonchev–Trinajstić information content (AvgIpc) is 3.38. The van der Waals surface area contributed by atoms with E-state index in [4.69, 9.17) is 15.2 Å². The van der Waals surface area contributed by atoms with Crippen LogP contribution in [0.3, 0.4) is 0 Å². The zero-order valence-corrected chi connectivity index (χ0v) is 19.9. The van der Waals surface area contributed by atoms with Crippen molar-refractivity contribution >= 4 is 34.5 Å². The third kappa shape index (κ3) is 3.96. The molecule has 4 aromatic rings. The summed E-state index contributed by atoms with van der Waals surface area (Å²) < 4.78 is 11.5. The fraction of sp³-hybridized carbons (Fsp3) is 0.154. The Morgan fingerprint density at radius 1 is 1.11 bits per heavy atom. The number of fused-ring (bicyclic) bond motifs is 1. The lowest BCUT2D eigenvalue weighted by atomic mass is 9.88. The number of anilines is 1. The number of methoxy groups -OCH3 is 2. The highest BCUT2D eigenvalue weighted by molar-refractivity contribution is 6.07. The molecule has 1 saturated heterocycles. The van der Waals surface area contributed by atoms with Gasteiger partial charge in [0.15, 0.2) is 11.4 Å². The number of nitrogen functional groups attached to an aromatic ring is 1. The van der Waals surface area contributed by atoms with E-state index in [0.717, 1.165) is 5.39 Å². The summed E-state index contributed by atoms with van der Waals surface area (Å²) >= 11 is 0. The smallest absolute Gasteiger partial charge is 0.341 e. The molecule has 1 aliphatic heterocycles. The second-order valence-electron chi connectivity index (χ2n) is 8.57. The Hall–Kier alpha value is -5.06. The van der Waals surface area contributed by atoms with Gasteiger partial charge in [-0.3, -0.25) is 10.1 Å². The minimum atomic E-state index is -1.48. The van der Waals surface area contributed by atoms with Gasteiger partial charge in [0, 0.05) is 28.7 Å². The van der Waals surface area contributed by atoms with Crippen molar-refractivity contribution in [3.63, 3.8) is 0 Å². The van der Waals surface area contributed by atoms with Gasteiger partial charge in [-0.25, -0.2) is 14.6 Å². The monoisotopic (exact) mass is 501 g/mol. The van der Waals surface area contributed by atoms with Crippen LogP contribution in [-0.4, -0.2) is 46.8 Å². The number of amides is 3. The number of nitrogens with one attached hydrogen (secondary N) is 2. The molecule has 3 amide bonds. The molecule has 188 valence electrons. The molecule has 1 atom stereocenters. The molecule has 1 fully saturated rings. The van der Waals surface area contributed by atoms with Crippen LogP contribution in [0.4, 0.5) is 10.6 Å². The van der Waals surface area contributed by atoms with Crippen LogP contribution >= 0.6 is 0 Å². The largest absolute Gasteiger partial charge is 0.497 e. The van der Waals surface area contributed by atoms with E-state index in [1.165, 1.54) is 25.0 Å². The molecule has 3 heterocycles. The Kier molecular flexibility index (Phi) is 5.67. The topological polar surface area (TPSA) is 158 Å². The molecule has 5 rings (SSSR count). The van der Waals surface area contributed by atoms with Gasteiger partial charge in [0.05, 0.1) is 20.8 Å². The number of rotatable bonds is 6. The van der Waals surface area contributed by atoms with Crippen molar-refractivity contribution in [3.05, 3.63) is 72.1 Å². The van der Waals surface area contributed by atoms with Gasteiger partial charge in [-0.15, -0.1) is 0 Å². The first-order valence-corrected chi connectivity index (χ1v) is 11.2. The third-order valence-corrected chi connectivity index (χ3v) is 6.45. The number of pyridine rings is 1. The molecule has 1 aliphatic rings. The Morgan fingerprint density at radius 3 is 2.51 bits per heavy atom. The van der Waals surface area contributed by atoms with E-state index in [0.29, 0.717) is 27.8 Å². The van der Waals surface area contributed by atoms with Gasteiger partial charge in [-0.1, -0.05) is 24.3 Å². The van der Waals surface area contributed by atoms with Crippen LogP contribution in [0.2, 0.25) is 0 Å². The number of hydrogen-bond donors (Lipinski definition) is 4. The molecule has 0 saturated carbocycles. The van der Waals surface area contributed by atoms with Gasteiger partial charge in [-0.2, -0.15) is 0 Å². The molecule has 2 aromatic carbocycles. The molecule has 37 heavy (non-hydrogen) atoms. The maximum Gasteiger partial charge on any atom is 0.341 e. The van der Waals surface area contributed by atoms with Gasteiger partial charge in [-0.05, 0) is 35.4 Å². The van der Waals surface area contributed by atoms with Gasteiger partial charge < -0.3 is 30.2 Å². The van der Waals surface area contributed by atoms with Crippen LogP contribution in [0.5, 0.6) is 11.6 Å². The van der Waals surface area contributed by atoms with E-state index < -0.39 is 23.4 Å². The second kappa shape index (κ2) is 8.86. The van der Waals surface area contributed by atoms with E-state index >= 15 is 0 Å². The molecular formula is C26H23N5O6. The molecule has 0 spiro atoms. The highest BCUT2D eigenvalue weighted by atomic mass is 16.5. The van der Waals surface area contributed by atoms with Gasteiger partial charge in [0.1, 0.15) is 17.1 Å². The van der Waals surface area contributed by atoms with Crippen molar-refractivity contribution in [1.82, 2.24) is 20.2 Å². The highest BCUT2D eigenvalue weighted by Gasteiger charge is 2.48. The number of aromatic hydroxyl groups is 1. The standard InChI is InChI=1S/C26H23N5O6/c1-36-18-8-5-15-12-31(22(32)19(15)10-18)13-26(24(34)29-25(35)30-26)17-6-3-14(4-7-17)16-9-20(23(33)37-2)21(27)28-11-16/h3-12,32H,13H2,1-2H3,(H2,27,28)(H2,29,30,34,35)/t26-/m0/s1. The SMILES string of the molecule is COC(=O)c1cc(-c2ccc([C@]3(Cn4cc5ccc(OC)cc5c4O)NC(=O)NC3=O)cc2)cnc1N. The number of carbonyl (C=O) groups excluding carboxylic acids is 3. The summed E-state index contributed by atoms with van der Waals surface area (Å²) in [5.74, 6) is -0.605. The Balaban J connectivity index is 1.54. The Labute approximate surface area is 210 Å². The normalized spacial score (nSPS) is 16.9. The van der Waals surface area contributed by atoms with Crippen LogP contribution in [0.25, 0.3) is 21.9 Å². The molecule has 5 N–H and O–H groups in total. The summed E-state index contributed by atoms with van der Waals surface area (Å²) in [6.07, 6.45) is 3.22. The van der Waals surface area contributed by atoms with E-state index in [1.807, 2.05) is 0 Å². The maximum atomic E-state index is 13.1. The summed E-state index contributed by atoms with van der Waals surface area (Å²) in [5, 5.41) is 17.2. The lowest BCUT2D eigenvalue weighted by Crippen LogP contribution is -2.47. The molecule has 2 aromatic heterocycles. The van der Waals surface area contributed by atoms with Crippen molar-refractivity contribution in [1.29, 1.82) is 0 Å². The molecule has 11 nitrogen and oxygen atoms in total. The van der Waals surface area contributed by atoms with Crippen LogP contribution < -0.4 is 21.1 Å². The number of benzene rings is 2. The number of hydrogen-bond acceptors (Lipinski definition) is 8. The fourth-order valence-electron chi connectivity index (χ4n) is 4.48. The number of aromatic nitrogens is 2. The highest BCUT2D eigenvalue weighted by Crippen LogP contribution is 2.35. The lowest BCUT2D eigenvalue weighted by molar-refractivity contribution is -0.124. The number of urea groups is 1. The number of nitrogens with two attached hydrogens (primary N) is 1. The lowest BCUT2D eigenvalue weighted by Gasteiger charge is -2.27. The molecule has 0 unspecified atom stereocenters. The molecule has 0 bridgehead atoms. The fourth-order valence-corrected chi connectivity index (χ4v) is 4.48. The van der Waals surface area contributed by atoms with E-state index in [-0.39, 0.29) is 23.8 Å². The number of ether oxygens (including phenoxy) is 2. The molecule has 0 aliphatic carbocycles. The Morgan fingerprint density at radius 2 is 1.86 bits per heavy atom. The third-order valence-electron chi connectivity index (χ3n) is 6.45. The summed E-state index contributed by atoms with van der Waals surface area (Å²) in [7, 11) is 2.79. The van der Waals surface area contributed by atoms with E-state index in [1.54, 1.807) is 54.7 Å². The minimum Gasteiger partial charge on any atom is -0.497 e. The van der Waals surface area contributed by atoms with E-state index in [9.17, 15) is 19.5 Å². The number of imide groups is 1. The van der Waals surface area contributed by atoms with Crippen LogP contribution in [0.1, 0.15) is 15.9 Å². The molecular weight excluding hydrogens is 478 g/mol. The quantitative estimate of drug-likeness (QED) is 0.232. The first kappa shape index (κ1) is 23.7. The van der Waals surface area contributed by atoms with E-state index in [2.05, 4.69) is 15.6 Å². The molecule has 11 heteroatoms. The summed E-state index contributed by atoms with van der Waals surface area (Å²) in [6, 6.07) is 13.0. The first-order chi connectivity index (χ1) is 17.8. The zero-order valence-electron chi connectivity index (χ0n) is 19.9. The summed E-state index contributed by atoms with van der Waals surface area (Å²) in [6.45, 7) is -0.0668. The summed E-state index contributed by atoms with van der Waals surface area (Å²) in [5.41, 5.74) is 6.25. The predicted octanol–water partition coefficient (Wildman–Crippen LogP) is 2.52. The van der Waals surface area contributed by atoms with Crippen LogP contribution in [0, 0.1) is 0 Å². The Bertz CT molecular complexity index is 1560. The van der Waals surface area contributed by atoms with Gasteiger partial charge in [0.2, 0.25) is 0 Å². The van der Waals surface area contributed by atoms with Crippen molar-refractivity contribution < 1.29 is 29.0 Å². The van der Waals surface area contributed by atoms with Gasteiger partial charge in [0.25, 0.3) is 5.91 Å². The van der Waals surface area contributed by atoms with Crippen LogP contribution in [0.15, 0.2) is 60.9 Å². The zero-order chi connectivity index (χ0) is 26.3. The number of esters is 1. The number of nitrogens with zero attached hydrogens (tertiary/aromatic N) is 2. The van der Waals surface area contributed by atoms with Crippen molar-refractivity contribution in [3.8, 4) is 22.8 Å². The minimum absolute atomic E-state index is 0.0491. The van der Waals surface area contributed by atoms with Crippen LogP contribution in [-0.2, 0) is 21.6 Å². The number of carbonyl (C=O) groups is 3. The van der Waals surface area contributed by atoms with Crippen molar-refractivity contribution in [2.75, 3.05) is 20.0 Å². The summed E-state index contributed by atoms with van der Waals surface area (Å²) in [4.78, 5) is 41.4. The maximum absolute atomic E-state index is 13.1.